The number of nitrogens with one attached hydrogen (secondary N) is 1. The normalized spacial score (nSPS) is 19.5. The monoisotopic (exact) mass is 538 g/mol. The van der Waals surface area contributed by atoms with Crippen molar-refractivity contribution in [2.75, 3.05) is 13.9 Å². The van der Waals surface area contributed by atoms with E-state index in [2.05, 4.69) is 52.5 Å². The molecule has 2 aromatic rings. The van der Waals surface area contributed by atoms with Gasteiger partial charge in [0.05, 0.1) is 28.2 Å². The summed E-state index contributed by atoms with van der Waals surface area (Å²) in [5, 5.41) is 7.95. The maximum Gasteiger partial charge on any atom is 0.289 e. The van der Waals surface area contributed by atoms with Gasteiger partial charge in [0, 0.05) is 23.5 Å². The van der Waals surface area contributed by atoms with Crippen molar-refractivity contribution in [1.29, 1.82) is 0 Å². The van der Waals surface area contributed by atoms with Crippen LogP contribution in [0.5, 0.6) is 17.2 Å². The number of methoxy groups -OCH3 is 1. The number of hydrazone groups is 1. The van der Waals surface area contributed by atoms with E-state index in [9.17, 15) is 4.79 Å². The Morgan fingerprint density at radius 3 is 2.87 bits per heavy atom. The Morgan fingerprint density at radius 2 is 2.13 bits per heavy atom. The molecule has 0 unspecified atom stereocenters. The second kappa shape index (κ2) is 8.60. The quantitative estimate of drug-likeness (QED) is 0.460. The summed E-state index contributed by atoms with van der Waals surface area (Å²) in [5.74, 6) is 0.672. The number of oxime groups is 1. The predicted molar refractivity (Wildman–Crippen MR) is 115 cm³/mol. The van der Waals surface area contributed by atoms with Gasteiger partial charge >= 0.3 is 0 Å². The number of nitrogens with zero attached hydrogens (tertiary/aromatic N) is 3. The third kappa shape index (κ3) is 3.63. The predicted octanol–water partition coefficient (Wildman–Crippen LogP) is 3.56. The van der Waals surface area contributed by atoms with E-state index in [1.807, 2.05) is 13.0 Å². The van der Waals surface area contributed by atoms with Gasteiger partial charge in [-0.3, -0.25) is 9.78 Å². The third-order valence-corrected chi connectivity index (χ3v) is 6.20. The SMILES string of the molecule is COc1c(Br)c([C@@H]2ON=C(C(=O)N/N=C\c3cccnc3)[C@H]2C)c(Br)c2c1OCO2. The van der Waals surface area contributed by atoms with Gasteiger partial charge in [0.1, 0.15) is 0 Å². The van der Waals surface area contributed by atoms with E-state index < -0.39 is 12.0 Å². The minimum Gasteiger partial charge on any atom is -0.492 e. The Hall–Kier alpha value is -2.66. The summed E-state index contributed by atoms with van der Waals surface area (Å²) in [5.41, 5.74) is 4.15. The molecule has 1 aromatic carbocycles. The Labute approximate surface area is 188 Å². The molecule has 0 fully saturated rings. The van der Waals surface area contributed by atoms with Gasteiger partial charge in [-0.2, -0.15) is 5.10 Å². The van der Waals surface area contributed by atoms with E-state index >= 15 is 0 Å². The first-order valence-electron chi connectivity index (χ1n) is 8.84. The molecule has 11 heteroatoms. The number of halogens is 2. The first-order chi connectivity index (χ1) is 14.5. The van der Waals surface area contributed by atoms with Gasteiger partial charge in [0.2, 0.25) is 12.5 Å². The van der Waals surface area contributed by atoms with E-state index in [1.54, 1.807) is 18.5 Å². The second-order valence-electron chi connectivity index (χ2n) is 6.42. The molecule has 0 bridgehead atoms. The van der Waals surface area contributed by atoms with Crippen LogP contribution >= 0.6 is 31.9 Å². The second-order valence-corrected chi connectivity index (χ2v) is 8.00. The maximum atomic E-state index is 12.6. The number of pyridine rings is 1. The highest BCUT2D eigenvalue weighted by molar-refractivity contribution is 9.11. The molecule has 2 aliphatic rings. The van der Waals surface area contributed by atoms with Crippen molar-refractivity contribution in [2.45, 2.75) is 13.0 Å². The first kappa shape index (κ1) is 20.6. The Morgan fingerprint density at radius 1 is 1.33 bits per heavy atom. The lowest BCUT2D eigenvalue weighted by Crippen LogP contribution is -2.31. The molecule has 9 nitrogen and oxygen atoms in total. The molecular formula is C19H16Br2N4O5. The fourth-order valence-electron chi connectivity index (χ4n) is 3.14. The molecule has 1 aromatic heterocycles. The molecule has 3 heterocycles. The molecule has 0 spiro atoms. The van der Waals surface area contributed by atoms with Gasteiger partial charge in [-0.1, -0.05) is 18.1 Å². The van der Waals surface area contributed by atoms with E-state index in [0.29, 0.717) is 31.8 Å². The van der Waals surface area contributed by atoms with Crippen molar-refractivity contribution < 1.29 is 23.8 Å². The lowest BCUT2D eigenvalue weighted by atomic mass is 9.93. The largest absolute Gasteiger partial charge is 0.492 e. The van der Waals surface area contributed by atoms with Crippen molar-refractivity contribution in [1.82, 2.24) is 10.4 Å². The number of benzene rings is 1. The highest BCUT2D eigenvalue weighted by atomic mass is 79.9. The van der Waals surface area contributed by atoms with E-state index in [0.717, 1.165) is 5.56 Å². The fourth-order valence-corrected chi connectivity index (χ4v) is 4.89. The molecule has 4 rings (SSSR count). The zero-order chi connectivity index (χ0) is 21.3. The average molecular weight is 540 g/mol. The van der Waals surface area contributed by atoms with Gasteiger partial charge in [-0.05, 0) is 37.9 Å². The van der Waals surface area contributed by atoms with Crippen LogP contribution in [0.1, 0.15) is 24.2 Å². The van der Waals surface area contributed by atoms with Gasteiger partial charge in [0.25, 0.3) is 5.91 Å². The summed E-state index contributed by atoms with van der Waals surface area (Å²) in [4.78, 5) is 22.2. The maximum absolute atomic E-state index is 12.6. The lowest BCUT2D eigenvalue weighted by Gasteiger charge is -2.20. The van der Waals surface area contributed by atoms with Gasteiger partial charge in [-0.25, -0.2) is 5.43 Å². The number of carbonyl (C=O) groups is 1. The number of aromatic nitrogens is 1. The summed E-state index contributed by atoms with van der Waals surface area (Å²) in [6, 6.07) is 3.60. The number of ether oxygens (including phenoxy) is 3. The van der Waals surface area contributed by atoms with Crippen LogP contribution < -0.4 is 19.6 Å². The zero-order valence-corrected chi connectivity index (χ0v) is 19.1. The summed E-state index contributed by atoms with van der Waals surface area (Å²) >= 11 is 7.11. The molecule has 0 radical (unpaired) electrons. The average Bonchev–Trinajstić information content (AvgIpc) is 3.37. The van der Waals surface area contributed by atoms with Crippen LogP contribution in [0.25, 0.3) is 0 Å². The molecule has 2 aliphatic heterocycles. The third-order valence-electron chi connectivity index (χ3n) is 4.63. The molecule has 156 valence electrons. The summed E-state index contributed by atoms with van der Waals surface area (Å²) in [6.45, 7) is 1.93. The van der Waals surface area contributed by atoms with Crippen LogP contribution in [0.4, 0.5) is 0 Å². The van der Waals surface area contributed by atoms with Crippen molar-refractivity contribution in [3.63, 3.8) is 0 Å². The minimum atomic E-state index is -0.555. The van der Waals surface area contributed by atoms with Crippen molar-refractivity contribution >= 4 is 49.7 Å². The molecular weight excluding hydrogens is 524 g/mol. The summed E-state index contributed by atoms with van der Waals surface area (Å²) in [7, 11) is 1.54. The van der Waals surface area contributed by atoms with Gasteiger partial charge in [-0.15, -0.1) is 0 Å². The number of hydrogen-bond acceptors (Lipinski definition) is 8. The van der Waals surface area contributed by atoms with Crippen LogP contribution in [0, 0.1) is 5.92 Å². The molecule has 30 heavy (non-hydrogen) atoms. The van der Waals surface area contributed by atoms with Crippen molar-refractivity contribution in [2.24, 2.45) is 16.2 Å². The molecule has 0 saturated heterocycles. The van der Waals surface area contributed by atoms with Crippen molar-refractivity contribution in [3.8, 4) is 17.2 Å². The molecule has 2 atom stereocenters. The highest BCUT2D eigenvalue weighted by Gasteiger charge is 2.41. The lowest BCUT2D eigenvalue weighted by molar-refractivity contribution is -0.115. The summed E-state index contributed by atoms with van der Waals surface area (Å²) in [6.07, 6.45) is 4.23. The zero-order valence-electron chi connectivity index (χ0n) is 15.9. The van der Waals surface area contributed by atoms with E-state index in [1.165, 1.54) is 13.3 Å². The number of carbonyl (C=O) groups excluding carboxylic acids is 1. The fraction of sp³-hybridized carbons (Fsp3) is 0.263. The smallest absolute Gasteiger partial charge is 0.289 e. The minimum absolute atomic E-state index is 0.0837. The van der Waals surface area contributed by atoms with E-state index in [4.69, 9.17) is 19.0 Å². The van der Waals surface area contributed by atoms with Gasteiger partial charge < -0.3 is 19.0 Å². The van der Waals surface area contributed by atoms with Crippen LogP contribution in [-0.4, -0.2) is 36.7 Å². The van der Waals surface area contributed by atoms with E-state index in [-0.39, 0.29) is 18.4 Å². The topological polar surface area (TPSA) is 104 Å². The van der Waals surface area contributed by atoms with Crippen molar-refractivity contribution in [3.05, 3.63) is 44.6 Å². The standard InChI is InChI=1S/C19H16Br2N4O5/c1-9-14(19(26)24-23-7-10-4-3-5-22-6-10)25-30-15(9)11-12(20)16(27-2)18-17(13(11)21)28-8-29-18/h3-7,9,15H,8H2,1-2H3,(H,24,26)/b23-7-/t9-,15-/m1/s1. The summed E-state index contributed by atoms with van der Waals surface area (Å²) < 4.78 is 17.8. The number of fused-ring (bicyclic) bond motifs is 1. The molecule has 0 aliphatic carbocycles. The Bertz CT molecular complexity index is 1050. The molecule has 1 amide bonds. The van der Waals surface area contributed by atoms with Crippen LogP contribution in [0.15, 0.2) is 43.7 Å². The number of amides is 1. The van der Waals surface area contributed by atoms with Crippen LogP contribution in [-0.2, 0) is 9.63 Å². The number of hydrogen-bond donors (Lipinski definition) is 1. The Balaban J connectivity index is 1.54. The van der Waals surface area contributed by atoms with Gasteiger partial charge in [0.15, 0.2) is 23.3 Å². The highest BCUT2D eigenvalue weighted by Crippen LogP contribution is 2.55. The van der Waals surface area contributed by atoms with Crippen LogP contribution in [0.3, 0.4) is 0 Å². The number of rotatable bonds is 5. The molecule has 1 N–H and O–H groups in total. The van der Waals surface area contributed by atoms with Crippen LogP contribution in [0.2, 0.25) is 0 Å². The molecule has 0 saturated carbocycles. The Kier molecular flexibility index (Phi) is 5.91. The first-order valence-corrected chi connectivity index (χ1v) is 10.4.